The lowest BCUT2D eigenvalue weighted by molar-refractivity contribution is 0.282. The molecular weight excluding hydrogens is 148 g/mol. The predicted molar refractivity (Wildman–Crippen MR) is 49.1 cm³/mol. The molecule has 1 aliphatic carbocycles. The van der Waals surface area contributed by atoms with Crippen molar-refractivity contribution in [2.45, 2.75) is 12.3 Å². The molecule has 1 aromatic rings. The molecule has 0 heterocycles. The first-order chi connectivity index (χ1) is 5.92. The Hall–Kier alpha value is -1.08. The molecule has 2 rings (SSSR count). The molecule has 12 heavy (non-hydrogen) atoms. The van der Waals surface area contributed by atoms with Crippen molar-refractivity contribution in [2.75, 3.05) is 6.61 Å². The van der Waals surface area contributed by atoms with E-state index in [9.17, 15) is 0 Å². The molecule has 1 heteroatoms. The van der Waals surface area contributed by atoms with Crippen LogP contribution in [0.4, 0.5) is 0 Å². The van der Waals surface area contributed by atoms with Gasteiger partial charge in [-0.2, -0.15) is 0 Å². The summed E-state index contributed by atoms with van der Waals surface area (Å²) in [4.78, 5) is 0. The van der Waals surface area contributed by atoms with E-state index in [1.165, 1.54) is 11.1 Å². The fraction of sp³-hybridized carbons (Fsp3) is 0.273. The molecule has 1 nitrogen and oxygen atoms in total. The van der Waals surface area contributed by atoms with Gasteiger partial charge in [-0.05, 0) is 17.5 Å². The summed E-state index contributed by atoms with van der Waals surface area (Å²) in [6.45, 7) is 0.216. The largest absolute Gasteiger partial charge is 0.395 e. The third-order valence-electron chi connectivity index (χ3n) is 2.36. The van der Waals surface area contributed by atoms with Crippen LogP contribution in [0.2, 0.25) is 0 Å². The molecule has 1 aliphatic rings. The van der Waals surface area contributed by atoms with Gasteiger partial charge < -0.3 is 5.11 Å². The minimum Gasteiger partial charge on any atom is -0.395 e. The van der Waals surface area contributed by atoms with Gasteiger partial charge in [0, 0.05) is 5.92 Å². The van der Waals surface area contributed by atoms with Crippen LogP contribution in [0.5, 0.6) is 0 Å². The smallest absolute Gasteiger partial charge is 0.0534 e. The maximum atomic E-state index is 9.09. The summed E-state index contributed by atoms with van der Waals surface area (Å²) in [6.07, 6.45) is 5.22. The standard InChI is InChI=1S/C11H12O/c12-8-10-6-3-5-9-4-1-2-7-11(9)10/h1-4,6-7,10,12H,5,8H2. The number of hydrogen-bond donors (Lipinski definition) is 1. The number of benzene rings is 1. The van der Waals surface area contributed by atoms with Crippen LogP contribution in [0, 0.1) is 0 Å². The van der Waals surface area contributed by atoms with Crippen LogP contribution in [-0.4, -0.2) is 11.7 Å². The zero-order valence-corrected chi connectivity index (χ0v) is 6.90. The Labute approximate surface area is 72.4 Å². The van der Waals surface area contributed by atoms with E-state index >= 15 is 0 Å². The van der Waals surface area contributed by atoms with Gasteiger partial charge in [0.1, 0.15) is 0 Å². The van der Waals surface area contributed by atoms with Gasteiger partial charge in [0.05, 0.1) is 6.61 Å². The van der Waals surface area contributed by atoms with Gasteiger partial charge in [0.2, 0.25) is 0 Å². The number of rotatable bonds is 1. The van der Waals surface area contributed by atoms with Gasteiger partial charge in [0.15, 0.2) is 0 Å². The van der Waals surface area contributed by atoms with E-state index in [-0.39, 0.29) is 12.5 Å². The van der Waals surface area contributed by atoms with E-state index < -0.39 is 0 Å². The van der Waals surface area contributed by atoms with Crippen LogP contribution in [0.1, 0.15) is 17.0 Å². The van der Waals surface area contributed by atoms with Gasteiger partial charge in [0.25, 0.3) is 0 Å². The summed E-state index contributed by atoms with van der Waals surface area (Å²) in [5.41, 5.74) is 2.63. The lowest BCUT2D eigenvalue weighted by Crippen LogP contribution is -2.07. The van der Waals surface area contributed by atoms with Crippen LogP contribution in [0.25, 0.3) is 0 Å². The number of hydrogen-bond acceptors (Lipinski definition) is 1. The highest BCUT2D eigenvalue weighted by Gasteiger charge is 2.13. The summed E-state index contributed by atoms with van der Waals surface area (Å²) < 4.78 is 0. The lowest BCUT2D eigenvalue weighted by atomic mass is 9.88. The molecule has 62 valence electrons. The van der Waals surface area contributed by atoms with Crippen molar-refractivity contribution in [1.82, 2.24) is 0 Å². The van der Waals surface area contributed by atoms with Gasteiger partial charge in [-0.1, -0.05) is 36.4 Å². The molecule has 1 atom stereocenters. The Kier molecular flexibility index (Phi) is 1.96. The predicted octanol–water partition coefficient (Wildman–Crippen LogP) is 1.87. The summed E-state index contributed by atoms with van der Waals surface area (Å²) in [6, 6.07) is 8.30. The van der Waals surface area contributed by atoms with Gasteiger partial charge in [-0.25, -0.2) is 0 Å². The van der Waals surface area contributed by atoms with E-state index in [4.69, 9.17) is 5.11 Å². The number of fused-ring (bicyclic) bond motifs is 1. The van der Waals surface area contributed by atoms with Gasteiger partial charge >= 0.3 is 0 Å². The van der Waals surface area contributed by atoms with Crippen molar-refractivity contribution in [3.8, 4) is 0 Å². The summed E-state index contributed by atoms with van der Waals surface area (Å²) in [5, 5.41) is 9.09. The Bertz CT molecular complexity index is 302. The van der Waals surface area contributed by atoms with Crippen molar-refractivity contribution in [3.05, 3.63) is 47.5 Å². The number of aliphatic hydroxyl groups is 1. The van der Waals surface area contributed by atoms with Crippen LogP contribution < -0.4 is 0 Å². The van der Waals surface area contributed by atoms with Crippen molar-refractivity contribution in [3.63, 3.8) is 0 Å². The molecule has 1 N–H and O–H groups in total. The first kappa shape index (κ1) is 7.56. The molecule has 0 saturated heterocycles. The first-order valence-corrected chi connectivity index (χ1v) is 4.27. The Balaban J connectivity index is 2.43. The zero-order valence-electron chi connectivity index (χ0n) is 6.90. The molecule has 0 spiro atoms. The molecule has 0 radical (unpaired) electrons. The second-order valence-electron chi connectivity index (χ2n) is 3.12. The minimum absolute atomic E-state index is 0.216. The van der Waals surface area contributed by atoms with Gasteiger partial charge in [-0.3, -0.25) is 0 Å². The average molecular weight is 160 g/mol. The van der Waals surface area contributed by atoms with E-state index in [1.54, 1.807) is 0 Å². The summed E-state index contributed by atoms with van der Waals surface area (Å²) >= 11 is 0. The molecule has 0 aliphatic heterocycles. The van der Waals surface area contributed by atoms with E-state index in [0.29, 0.717) is 0 Å². The van der Waals surface area contributed by atoms with Crippen LogP contribution in [0.3, 0.4) is 0 Å². The molecule has 0 amide bonds. The lowest BCUT2D eigenvalue weighted by Gasteiger charge is -2.18. The third-order valence-corrected chi connectivity index (χ3v) is 2.36. The monoisotopic (exact) mass is 160 g/mol. The second kappa shape index (κ2) is 3.11. The molecule has 0 aromatic heterocycles. The molecule has 0 fully saturated rings. The fourth-order valence-corrected chi connectivity index (χ4v) is 1.70. The summed E-state index contributed by atoms with van der Waals surface area (Å²) in [7, 11) is 0. The van der Waals surface area contributed by atoms with E-state index in [2.05, 4.69) is 24.3 Å². The normalized spacial score (nSPS) is 20.6. The van der Waals surface area contributed by atoms with Crippen molar-refractivity contribution >= 4 is 0 Å². The van der Waals surface area contributed by atoms with Crippen molar-refractivity contribution in [2.24, 2.45) is 0 Å². The molecule has 1 unspecified atom stereocenters. The van der Waals surface area contributed by atoms with E-state index in [1.807, 2.05) is 12.1 Å². The Morgan fingerprint density at radius 2 is 2.17 bits per heavy atom. The second-order valence-corrected chi connectivity index (χ2v) is 3.12. The molecule has 0 bridgehead atoms. The third kappa shape index (κ3) is 1.16. The molecular formula is C11H12O. The molecule has 0 saturated carbocycles. The van der Waals surface area contributed by atoms with Crippen molar-refractivity contribution < 1.29 is 5.11 Å². The fourth-order valence-electron chi connectivity index (χ4n) is 1.70. The SMILES string of the molecule is OCC1C=CCc2ccccc21. The maximum absolute atomic E-state index is 9.09. The Morgan fingerprint density at radius 3 is 3.00 bits per heavy atom. The highest BCUT2D eigenvalue weighted by atomic mass is 16.3. The first-order valence-electron chi connectivity index (χ1n) is 4.27. The van der Waals surface area contributed by atoms with Crippen LogP contribution in [-0.2, 0) is 6.42 Å². The highest BCUT2D eigenvalue weighted by molar-refractivity contribution is 5.37. The van der Waals surface area contributed by atoms with E-state index in [0.717, 1.165) is 6.42 Å². The average Bonchev–Trinajstić information content (AvgIpc) is 2.17. The van der Waals surface area contributed by atoms with Crippen molar-refractivity contribution in [1.29, 1.82) is 0 Å². The minimum atomic E-state index is 0.216. The van der Waals surface area contributed by atoms with Gasteiger partial charge in [-0.15, -0.1) is 0 Å². The number of allylic oxidation sites excluding steroid dienone is 1. The Morgan fingerprint density at radius 1 is 1.33 bits per heavy atom. The quantitative estimate of drug-likeness (QED) is 0.622. The van der Waals surface area contributed by atoms with Crippen LogP contribution in [0.15, 0.2) is 36.4 Å². The number of aliphatic hydroxyl groups excluding tert-OH is 1. The topological polar surface area (TPSA) is 20.2 Å². The molecule has 1 aromatic carbocycles. The van der Waals surface area contributed by atoms with Crippen LogP contribution >= 0.6 is 0 Å². The highest BCUT2D eigenvalue weighted by Crippen LogP contribution is 2.25. The zero-order chi connectivity index (χ0) is 8.39. The maximum Gasteiger partial charge on any atom is 0.0534 e. The summed E-state index contributed by atoms with van der Waals surface area (Å²) in [5.74, 6) is 0.218.